The van der Waals surface area contributed by atoms with Crippen molar-refractivity contribution < 1.29 is 9.53 Å². The number of carbonyl (C=O) groups excluding carboxylic acids is 1. The second-order valence-corrected chi connectivity index (χ2v) is 9.65. The van der Waals surface area contributed by atoms with Crippen molar-refractivity contribution in [3.63, 3.8) is 0 Å². The Balaban J connectivity index is 1.66. The number of methoxy groups -OCH3 is 1. The van der Waals surface area contributed by atoms with Crippen LogP contribution in [0.2, 0.25) is 0 Å². The maximum absolute atomic E-state index is 13.7. The van der Waals surface area contributed by atoms with Crippen molar-refractivity contribution in [2.45, 2.75) is 52.1 Å². The van der Waals surface area contributed by atoms with Crippen molar-refractivity contribution in [2.75, 3.05) is 26.7 Å². The quantitative estimate of drug-likeness (QED) is 0.480. The van der Waals surface area contributed by atoms with Crippen LogP contribution in [0.25, 0.3) is 28.4 Å². The van der Waals surface area contributed by atoms with Crippen LogP contribution in [0.15, 0.2) is 53.3 Å². The molecule has 1 saturated heterocycles. The van der Waals surface area contributed by atoms with Crippen molar-refractivity contribution in [3.05, 3.63) is 64.5 Å². The van der Waals surface area contributed by atoms with Gasteiger partial charge in [0, 0.05) is 18.2 Å². The van der Waals surface area contributed by atoms with E-state index in [1.807, 2.05) is 56.3 Å². The van der Waals surface area contributed by atoms with E-state index in [0.29, 0.717) is 28.0 Å². The van der Waals surface area contributed by atoms with Crippen LogP contribution in [0.3, 0.4) is 0 Å². The number of rotatable bonds is 9. The number of aromatic nitrogens is 2. The summed E-state index contributed by atoms with van der Waals surface area (Å²) < 4.78 is 6.82. The molecule has 0 spiro atoms. The molecule has 1 aliphatic rings. The molecule has 0 radical (unpaired) electrons. The molecule has 0 atom stereocenters. The fourth-order valence-corrected chi connectivity index (χ4v) is 4.64. The van der Waals surface area contributed by atoms with Crippen LogP contribution in [0.5, 0.6) is 5.75 Å². The number of fused-ring (bicyclic) bond motifs is 1. The summed E-state index contributed by atoms with van der Waals surface area (Å²) in [7, 11) is 1.59. The van der Waals surface area contributed by atoms with Crippen LogP contribution < -0.4 is 15.6 Å². The smallest absolute Gasteiger partial charge is 0.262 e. The maximum atomic E-state index is 13.7. The van der Waals surface area contributed by atoms with Crippen LogP contribution in [-0.2, 0) is 11.3 Å². The van der Waals surface area contributed by atoms with Gasteiger partial charge in [0.05, 0.1) is 18.0 Å². The number of likely N-dealkylation sites (tertiary alicyclic amines) is 1. The van der Waals surface area contributed by atoms with Gasteiger partial charge >= 0.3 is 0 Å². The number of hydrogen-bond acceptors (Lipinski definition) is 5. The number of hydrogen-bond donors (Lipinski definition) is 1. The Morgan fingerprint density at radius 2 is 1.94 bits per heavy atom. The largest absolute Gasteiger partial charge is 0.497 e. The third-order valence-electron chi connectivity index (χ3n) is 6.43. The van der Waals surface area contributed by atoms with E-state index in [-0.39, 0.29) is 24.1 Å². The minimum atomic E-state index is -0.236. The van der Waals surface area contributed by atoms with Crippen LogP contribution >= 0.6 is 0 Å². The molecule has 1 N–H and O–H groups in total. The predicted molar refractivity (Wildman–Crippen MR) is 145 cm³/mol. The molecule has 1 amide bonds. The van der Waals surface area contributed by atoms with E-state index in [4.69, 9.17) is 9.72 Å². The highest BCUT2D eigenvalue weighted by molar-refractivity contribution is 5.83. The van der Waals surface area contributed by atoms with Gasteiger partial charge < -0.3 is 15.0 Å². The zero-order valence-corrected chi connectivity index (χ0v) is 21.5. The SMILES string of the molecule is COc1cccc(-c2nc3ccc(/C=C/CCN4CCCCC4)cc3c(=O)n2CC(=O)NC(C)C)c1. The summed E-state index contributed by atoms with van der Waals surface area (Å²) in [5.41, 5.74) is 2.03. The second-order valence-electron chi connectivity index (χ2n) is 9.65. The number of piperidine rings is 1. The summed E-state index contributed by atoms with van der Waals surface area (Å²) in [5.74, 6) is 0.867. The molecule has 3 aromatic rings. The average molecular weight is 489 g/mol. The van der Waals surface area contributed by atoms with Gasteiger partial charge in [-0.05, 0) is 76.0 Å². The highest BCUT2D eigenvalue weighted by atomic mass is 16.5. The number of nitrogens with zero attached hydrogens (tertiary/aromatic N) is 3. The lowest BCUT2D eigenvalue weighted by molar-refractivity contribution is -0.122. The average Bonchev–Trinajstić information content (AvgIpc) is 2.88. The Kier molecular flexibility index (Phi) is 8.54. The highest BCUT2D eigenvalue weighted by Crippen LogP contribution is 2.24. The molecule has 36 heavy (non-hydrogen) atoms. The van der Waals surface area contributed by atoms with Crippen molar-refractivity contribution in [3.8, 4) is 17.1 Å². The van der Waals surface area contributed by atoms with Gasteiger partial charge in [-0.25, -0.2) is 4.98 Å². The molecule has 0 unspecified atom stereocenters. The Morgan fingerprint density at radius 3 is 2.69 bits per heavy atom. The van der Waals surface area contributed by atoms with Crippen LogP contribution in [0.1, 0.15) is 45.1 Å². The standard InChI is InChI=1S/C29H36N4O3/c1-21(2)30-27(34)20-33-28(23-11-9-12-24(19-23)36-3)31-26-14-13-22(18-25(26)29(33)35)10-5-8-17-32-15-6-4-7-16-32/h5,9-14,18-19,21H,4,6-8,15-17,20H2,1-3H3,(H,30,34)/b10-5+. The van der Waals surface area contributed by atoms with Crippen molar-refractivity contribution in [1.82, 2.24) is 19.8 Å². The van der Waals surface area contributed by atoms with Crippen LogP contribution in [-0.4, -0.2) is 53.1 Å². The van der Waals surface area contributed by atoms with Crippen molar-refractivity contribution >= 4 is 22.9 Å². The Labute approximate surface area is 212 Å². The minimum absolute atomic E-state index is 0.0245. The molecule has 2 aromatic carbocycles. The lowest BCUT2D eigenvalue weighted by Gasteiger charge is -2.25. The van der Waals surface area contributed by atoms with Gasteiger partial charge in [0.2, 0.25) is 5.91 Å². The minimum Gasteiger partial charge on any atom is -0.497 e. The van der Waals surface area contributed by atoms with E-state index in [1.54, 1.807) is 7.11 Å². The summed E-state index contributed by atoms with van der Waals surface area (Å²) >= 11 is 0. The molecule has 1 fully saturated rings. The monoisotopic (exact) mass is 488 g/mol. The number of nitrogens with one attached hydrogen (secondary N) is 1. The molecule has 1 aliphatic heterocycles. The Morgan fingerprint density at radius 1 is 1.14 bits per heavy atom. The van der Waals surface area contributed by atoms with Gasteiger partial charge in [-0.15, -0.1) is 0 Å². The molecular weight excluding hydrogens is 452 g/mol. The van der Waals surface area contributed by atoms with E-state index in [0.717, 1.165) is 18.5 Å². The van der Waals surface area contributed by atoms with Crippen LogP contribution in [0.4, 0.5) is 0 Å². The predicted octanol–water partition coefficient (Wildman–Crippen LogP) is 4.49. The number of benzene rings is 2. The molecule has 190 valence electrons. The summed E-state index contributed by atoms with van der Waals surface area (Å²) in [6.45, 7) is 7.12. The van der Waals surface area contributed by atoms with Gasteiger partial charge in [0.25, 0.3) is 5.56 Å². The van der Waals surface area contributed by atoms with Gasteiger partial charge in [0.15, 0.2) is 0 Å². The zero-order valence-electron chi connectivity index (χ0n) is 21.5. The van der Waals surface area contributed by atoms with E-state index in [1.165, 1.54) is 36.9 Å². The van der Waals surface area contributed by atoms with E-state index >= 15 is 0 Å². The first-order valence-electron chi connectivity index (χ1n) is 12.8. The van der Waals surface area contributed by atoms with Gasteiger partial charge in [-0.3, -0.25) is 14.2 Å². The lowest BCUT2D eigenvalue weighted by Crippen LogP contribution is -2.37. The van der Waals surface area contributed by atoms with E-state index in [9.17, 15) is 9.59 Å². The van der Waals surface area contributed by atoms with Crippen molar-refractivity contribution in [1.29, 1.82) is 0 Å². The third kappa shape index (κ3) is 6.40. The molecule has 2 heterocycles. The molecule has 7 heteroatoms. The Hall–Kier alpha value is -3.45. The molecular formula is C29H36N4O3. The number of ether oxygens (including phenoxy) is 1. The summed E-state index contributed by atoms with van der Waals surface area (Å²) in [6.07, 6.45) is 9.14. The normalized spacial score (nSPS) is 14.6. The van der Waals surface area contributed by atoms with Crippen molar-refractivity contribution in [2.24, 2.45) is 0 Å². The number of amides is 1. The molecule has 7 nitrogen and oxygen atoms in total. The first kappa shape index (κ1) is 25.6. The lowest BCUT2D eigenvalue weighted by atomic mass is 10.1. The summed E-state index contributed by atoms with van der Waals surface area (Å²) in [6, 6.07) is 13.1. The number of carbonyl (C=O) groups is 1. The third-order valence-corrected chi connectivity index (χ3v) is 6.43. The summed E-state index contributed by atoms with van der Waals surface area (Å²) in [4.78, 5) is 33.6. The molecule has 0 saturated carbocycles. The topological polar surface area (TPSA) is 76.5 Å². The van der Waals surface area contributed by atoms with Gasteiger partial charge in [-0.1, -0.05) is 36.8 Å². The first-order chi connectivity index (χ1) is 17.4. The van der Waals surface area contributed by atoms with Gasteiger partial charge in [-0.2, -0.15) is 0 Å². The zero-order chi connectivity index (χ0) is 25.5. The molecule has 0 aliphatic carbocycles. The van der Waals surface area contributed by atoms with Crippen LogP contribution in [0, 0.1) is 0 Å². The Bertz CT molecular complexity index is 1290. The van der Waals surface area contributed by atoms with Gasteiger partial charge in [0.1, 0.15) is 18.1 Å². The highest BCUT2D eigenvalue weighted by Gasteiger charge is 2.17. The molecule has 0 bridgehead atoms. The van der Waals surface area contributed by atoms with E-state index < -0.39 is 0 Å². The first-order valence-corrected chi connectivity index (χ1v) is 12.8. The maximum Gasteiger partial charge on any atom is 0.262 e. The molecule has 4 rings (SSSR count). The van der Waals surface area contributed by atoms with E-state index in [2.05, 4.69) is 22.4 Å². The second kappa shape index (κ2) is 12.0. The summed E-state index contributed by atoms with van der Waals surface area (Å²) in [5, 5.41) is 3.37. The fraction of sp³-hybridized carbons (Fsp3) is 0.414. The molecule has 1 aromatic heterocycles. The fourth-order valence-electron chi connectivity index (χ4n) is 4.64.